The minimum absolute atomic E-state index is 0.200. The summed E-state index contributed by atoms with van der Waals surface area (Å²) in [4.78, 5) is 3.55. The monoisotopic (exact) mass is 253 g/mol. The summed E-state index contributed by atoms with van der Waals surface area (Å²) in [5, 5.41) is 9.13. The maximum Gasteiger partial charge on any atom is 0.443 e. The van der Waals surface area contributed by atoms with E-state index < -0.39 is 16.8 Å². The average molecular weight is 253 g/mol. The maximum atomic E-state index is 12.3. The molecule has 0 amide bonds. The Kier molecular flexibility index (Phi) is 3.64. The van der Waals surface area contributed by atoms with Gasteiger partial charge in [0.25, 0.3) is 0 Å². The molecule has 1 heterocycles. The van der Waals surface area contributed by atoms with Gasteiger partial charge in [0.2, 0.25) is 0 Å². The van der Waals surface area contributed by atoms with Gasteiger partial charge in [0.05, 0.1) is 10.5 Å². The second-order valence-corrected chi connectivity index (χ2v) is 5.43. The second kappa shape index (κ2) is 4.33. The third-order valence-electron chi connectivity index (χ3n) is 2.08. The molecule has 6 heteroatoms. The summed E-state index contributed by atoms with van der Waals surface area (Å²) in [6, 6.07) is 0. The molecule has 1 aromatic rings. The minimum atomic E-state index is -4.43. The Morgan fingerprint density at radius 2 is 2.00 bits per heavy atom. The van der Waals surface area contributed by atoms with Crippen LogP contribution in [-0.4, -0.2) is 10.1 Å². The zero-order chi connectivity index (χ0) is 12.6. The van der Waals surface area contributed by atoms with E-state index in [1.54, 1.807) is 0 Å². The van der Waals surface area contributed by atoms with Gasteiger partial charge in [-0.05, 0) is 19.3 Å². The van der Waals surface area contributed by atoms with E-state index in [0.29, 0.717) is 17.8 Å². The van der Waals surface area contributed by atoms with E-state index in [0.717, 1.165) is 6.20 Å². The molecule has 1 N–H and O–H groups in total. The number of nitrogens with zero attached hydrogens (tertiary/aromatic N) is 1. The molecule has 2 nitrogen and oxygen atoms in total. The van der Waals surface area contributed by atoms with Crippen LogP contribution in [0.4, 0.5) is 13.2 Å². The fourth-order valence-electron chi connectivity index (χ4n) is 1.55. The lowest BCUT2D eigenvalue weighted by Crippen LogP contribution is -2.21. The SMILES string of the molecule is CC(C)CC(C)(O)c1cnc(C(F)(F)F)s1. The van der Waals surface area contributed by atoms with Crippen LogP contribution in [0.2, 0.25) is 0 Å². The van der Waals surface area contributed by atoms with Gasteiger partial charge in [-0.25, -0.2) is 4.98 Å². The first-order valence-electron chi connectivity index (χ1n) is 4.89. The molecular formula is C10H14F3NOS. The van der Waals surface area contributed by atoms with Crippen molar-refractivity contribution >= 4 is 11.3 Å². The predicted molar refractivity (Wildman–Crippen MR) is 56.1 cm³/mol. The molecule has 1 aromatic heterocycles. The molecular weight excluding hydrogens is 239 g/mol. The summed E-state index contributed by atoms with van der Waals surface area (Å²) < 4.78 is 37.0. The zero-order valence-electron chi connectivity index (χ0n) is 9.30. The van der Waals surface area contributed by atoms with Crippen LogP contribution in [0.5, 0.6) is 0 Å². The fraction of sp³-hybridized carbons (Fsp3) is 0.700. The van der Waals surface area contributed by atoms with Gasteiger partial charge in [-0.2, -0.15) is 13.2 Å². The lowest BCUT2D eigenvalue weighted by molar-refractivity contribution is -0.137. The number of aromatic nitrogens is 1. The second-order valence-electron chi connectivity index (χ2n) is 4.40. The van der Waals surface area contributed by atoms with Crippen LogP contribution >= 0.6 is 11.3 Å². The average Bonchev–Trinajstić information content (AvgIpc) is 2.47. The smallest absolute Gasteiger partial charge is 0.385 e. The van der Waals surface area contributed by atoms with Gasteiger partial charge in [-0.15, -0.1) is 11.3 Å². The normalized spacial score (nSPS) is 16.5. The summed E-state index contributed by atoms with van der Waals surface area (Å²) in [5.74, 6) is 0.200. The quantitative estimate of drug-likeness (QED) is 0.895. The van der Waals surface area contributed by atoms with Crippen LogP contribution in [0.15, 0.2) is 6.20 Å². The summed E-state index contributed by atoms with van der Waals surface area (Å²) in [6.45, 7) is 5.32. The lowest BCUT2D eigenvalue weighted by Gasteiger charge is -2.23. The maximum absolute atomic E-state index is 12.3. The highest BCUT2D eigenvalue weighted by Gasteiger charge is 2.37. The van der Waals surface area contributed by atoms with Crippen LogP contribution in [0.1, 0.15) is 37.1 Å². The Balaban J connectivity index is 2.93. The van der Waals surface area contributed by atoms with Crippen LogP contribution in [0.25, 0.3) is 0 Å². The Bertz CT molecular complexity index is 357. The highest BCUT2D eigenvalue weighted by Crippen LogP contribution is 2.38. The van der Waals surface area contributed by atoms with E-state index in [4.69, 9.17) is 0 Å². The molecule has 0 fully saturated rings. The molecule has 1 atom stereocenters. The molecule has 0 spiro atoms. The molecule has 0 saturated carbocycles. The van der Waals surface area contributed by atoms with Crippen molar-refractivity contribution in [3.63, 3.8) is 0 Å². The van der Waals surface area contributed by atoms with Crippen molar-refractivity contribution in [3.8, 4) is 0 Å². The first kappa shape index (κ1) is 13.4. The number of halogens is 3. The van der Waals surface area contributed by atoms with Gasteiger partial charge >= 0.3 is 6.18 Å². The summed E-state index contributed by atoms with van der Waals surface area (Å²) in [6.07, 6.45) is -2.92. The van der Waals surface area contributed by atoms with Gasteiger partial charge in [0, 0.05) is 6.20 Å². The molecule has 0 aliphatic rings. The summed E-state index contributed by atoms with van der Waals surface area (Å²) in [5.41, 5.74) is -1.24. The molecule has 0 radical (unpaired) electrons. The first-order valence-corrected chi connectivity index (χ1v) is 5.70. The van der Waals surface area contributed by atoms with E-state index in [-0.39, 0.29) is 10.8 Å². The number of hydrogen-bond acceptors (Lipinski definition) is 3. The Labute approximate surface area is 96.1 Å². The highest BCUT2D eigenvalue weighted by atomic mass is 32.1. The molecule has 92 valence electrons. The predicted octanol–water partition coefficient (Wildman–Crippen LogP) is 3.42. The molecule has 16 heavy (non-hydrogen) atoms. The molecule has 0 aromatic carbocycles. The van der Waals surface area contributed by atoms with Crippen molar-refractivity contribution in [1.29, 1.82) is 0 Å². The lowest BCUT2D eigenvalue weighted by atomic mass is 9.93. The van der Waals surface area contributed by atoms with Crippen molar-refractivity contribution in [1.82, 2.24) is 4.98 Å². The van der Waals surface area contributed by atoms with Gasteiger partial charge in [-0.1, -0.05) is 13.8 Å². The van der Waals surface area contributed by atoms with Crippen LogP contribution in [0, 0.1) is 5.92 Å². The van der Waals surface area contributed by atoms with Crippen molar-refractivity contribution < 1.29 is 18.3 Å². The van der Waals surface area contributed by atoms with E-state index >= 15 is 0 Å². The van der Waals surface area contributed by atoms with Crippen LogP contribution in [0.3, 0.4) is 0 Å². The number of hydrogen-bond donors (Lipinski definition) is 1. The minimum Gasteiger partial charge on any atom is -0.385 e. The fourth-order valence-corrected chi connectivity index (χ4v) is 2.39. The van der Waals surface area contributed by atoms with E-state index in [9.17, 15) is 18.3 Å². The van der Waals surface area contributed by atoms with E-state index in [1.807, 2.05) is 13.8 Å². The summed E-state index contributed by atoms with van der Waals surface area (Å²) in [7, 11) is 0. The molecule has 1 rings (SSSR count). The molecule has 0 aliphatic carbocycles. The molecule has 1 unspecified atom stereocenters. The zero-order valence-corrected chi connectivity index (χ0v) is 10.1. The van der Waals surface area contributed by atoms with Crippen molar-refractivity contribution in [2.75, 3.05) is 0 Å². The van der Waals surface area contributed by atoms with Gasteiger partial charge in [0.15, 0.2) is 5.01 Å². The standard InChI is InChI=1S/C10H14F3NOS/c1-6(2)4-9(3,15)7-5-14-8(16-7)10(11,12)13/h5-6,15H,4H2,1-3H3. The van der Waals surface area contributed by atoms with Crippen LogP contribution in [-0.2, 0) is 11.8 Å². The molecule has 0 saturated heterocycles. The van der Waals surface area contributed by atoms with Gasteiger partial charge in [-0.3, -0.25) is 0 Å². The number of rotatable bonds is 3. The third-order valence-corrected chi connectivity index (χ3v) is 3.38. The number of alkyl halides is 3. The first-order chi connectivity index (χ1) is 7.13. The topological polar surface area (TPSA) is 33.1 Å². The van der Waals surface area contributed by atoms with Crippen LogP contribution < -0.4 is 0 Å². The largest absolute Gasteiger partial charge is 0.443 e. The Morgan fingerprint density at radius 1 is 1.44 bits per heavy atom. The van der Waals surface area contributed by atoms with Gasteiger partial charge in [0.1, 0.15) is 0 Å². The van der Waals surface area contributed by atoms with Gasteiger partial charge < -0.3 is 5.11 Å². The number of aliphatic hydroxyl groups is 1. The van der Waals surface area contributed by atoms with Crippen molar-refractivity contribution in [3.05, 3.63) is 16.1 Å². The molecule has 0 aliphatic heterocycles. The summed E-state index contributed by atoms with van der Waals surface area (Å²) >= 11 is 0.503. The Hall–Kier alpha value is -0.620. The van der Waals surface area contributed by atoms with E-state index in [1.165, 1.54) is 6.92 Å². The van der Waals surface area contributed by atoms with Crippen molar-refractivity contribution in [2.24, 2.45) is 5.92 Å². The highest BCUT2D eigenvalue weighted by molar-refractivity contribution is 7.11. The third kappa shape index (κ3) is 3.18. The van der Waals surface area contributed by atoms with Crippen molar-refractivity contribution in [2.45, 2.75) is 39.0 Å². The Morgan fingerprint density at radius 3 is 2.38 bits per heavy atom. The van der Waals surface area contributed by atoms with E-state index in [2.05, 4.69) is 4.98 Å². The number of thiazole rings is 1. The molecule has 0 bridgehead atoms.